The minimum atomic E-state index is -0.127. The predicted octanol–water partition coefficient (Wildman–Crippen LogP) is 3.59. The Hall–Kier alpha value is -2.37. The quantitative estimate of drug-likeness (QED) is 0.763. The third-order valence-corrected chi connectivity index (χ3v) is 4.59. The average Bonchev–Trinajstić information content (AvgIpc) is 3.06. The maximum absolute atomic E-state index is 12.6. The molecule has 0 aromatic heterocycles. The number of halogens is 1. The molecule has 0 atom stereocenters. The van der Waals surface area contributed by atoms with Crippen LogP contribution < -0.4 is 10.6 Å². The molecular formula is C21H26ClN3O2. The first kappa shape index (κ1) is 20.9. The summed E-state index contributed by atoms with van der Waals surface area (Å²) in [6.07, 6.45) is 1.58. The van der Waals surface area contributed by atoms with Gasteiger partial charge in [-0.15, -0.1) is 12.4 Å². The van der Waals surface area contributed by atoms with Gasteiger partial charge in [0.2, 0.25) is 5.91 Å². The maximum Gasteiger partial charge on any atom is 0.255 e. The largest absolute Gasteiger partial charge is 0.338 e. The van der Waals surface area contributed by atoms with E-state index in [0.29, 0.717) is 18.5 Å². The van der Waals surface area contributed by atoms with Crippen molar-refractivity contribution in [2.24, 2.45) is 0 Å². The Morgan fingerprint density at radius 1 is 1.11 bits per heavy atom. The van der Waals surface area contributed by atoms with Gasteiger partial charge in [0.25, 0.3) is 5.91 Å². The normalized spacial score (nSPS) is 13.4. The van der Waals surface area contributed by atoms with Crippen molar-refractivity contribution >= 4 is 29.9 Å². The van der Waals surface area contributed by atoms with Gasteiger partial charge in [-0.05, 0) is 42.3 Å². The fourth-order valence-corrected chi connectivity index (χ4v) is 3.10. The number of amides is 2. The van der Waals surface area contributed by atoms with Crippen molar-refractivity contribution in [3.8, 4) is 0 Å². The van der Waals surface area contributed by atoms with Gasteiger partial charge in [-0.2, -0.15) is 0 Å². The summed E-state index contributed by atoms with van der Waals surface area (Å²) in [6.45, 7) is 5.09. The molecule has 0 aliphatic carbocycles. The summed E-state index contributed by atoms with van der Waals surface area (Å²) in [4.78, 5) is 26.1. The van der Waals surface area contributed by atoms with Gasteiger partial charge >= 0.3 is 0 Å². The van der Waals surface area contributed by atoms with Crippen LogP contribution in [0, 0.1) is 0 Å². The molecule has 0 radical (unpaired) electrons. The fourth-order valence-electron chi connectivity index (χ4n) is 3.10. The van der Waals surface area contributed by atoms with Crippen LogP contribution in [0.25, 0.3) is 0 Å². The summed E-state index contributed by atoms with van der Waals surface area (Å²) in [5, 5.41) is 6.27. The molecule has 1 heterocycles. The number of rotatable bonds is 7. The molecule has 1 aliphatic rings. The van der Waals surface area contributed by atoms with Crippen LogP contribution in [-0.2, 0) is 17.9 Å². The van der Waals surface area contributed by atoms with Crippen molar-refractivity contribution in [1.82, 2.24) is 10.2 Å². The zero-order valence-electron chi connectivity index (χ0n) is 15.5. The van der Waals surface area contributed by atoms with Gasteiger partial charge in [0, 0.05) is 37.3 Å². The number of hydrogen-bond acceptors (Lipinski definition) is 3. The molecule has 5 nitrogen and oxygen atoms in total. The second kappa shape index (κ2) is 10.1. The molecule has 2 aromatic rings. The van der Waals surface area contributed by atoms with Gasteiger partial charge in [-0.1, -0.05) is 37.3 Å². The van der Waals surface area contributed by atoms with E-state index in [-0.39, 0.29) is 24.2 Å². The van der Waals surface area contributed by atoms with Gasteiger partial charge in [-0.3, -0.25) is 9.59 Å². The van der Waals surface area contributed by atoms with E-state index in [1.54, 1.807) is 0 Å². The molecule has 27 heavy (non-hydrogen) atoms. The lowest BCUT2D eigenvalue weighted by Crippen LogP contribution is -2.23. The highest BCUT2D eigenvalue weighted by molar-refractivity contribution is 6.04. The lowest BCUT2D eigenvalue weighted by molar-refractivity contribution is -0.128. The summed E-state index contributed by atoms with van der Waals surface area (Å²) < 4.78 is 0. The highest BCUT2D eigenvalue weighted by Gasteiger charge is 2.20. The smallest absolute Gasteiger partial charge is 0.255 e. The predicted molar refractivity (Wildman–Crippen MR) is 110 cm³/mol. The lowest BCUT2D eigenvalue weighted by Gasteiger charge is -2.15. The van der Waals surface area contributed by atoms with Crippen LogP contribution in [0.4, 0.5) is 5.69 Å². The Labute approximate surface area is 166 Å². The second-order valence-electron chi connectivity index (χ2n) is 6.51. The molecule has 0 saturated carbocycles. The third-order valence-electron chi connectivity index (χ3n) is 4.59. The topological polar surface area (TPSA) is 61.4 Å². The Morgan fingerprint density at radius 3 is 2.52 bits per heavy atom. The van der Waals surface area contributed by atoms with E-state index in [0.717, 1.165) is 42.9 Å². The molecule has 1 fully saturated rings. The van der Waals surface area contributed by atoms with Crippen molar-refractivity contribution in [2.45, 2.75) is 32.9 Å². The van der Waals surface area contributed by atoms with E-state index in [4.69, 9.17) is 0 Å². The number of carbonyl (C=O) groups is 2. The number of nitrogens with one attached hydrogen (secondary N) is 2. The third kappa shape index (κ3) is 5.55. The number of anilines is 1. The van der Waals surface area contributed by atoms with Gasteiger partial charge in [0.05, 0.1) is 0 Å². The molecule has 6 heteroatoms. The van der Waals surface area contributed by atoms with E-state index < -0.39 is 0 Å². The molecule has 3 rings (SSSR count). The van der Waals surface area contributed by atoms with E-state index >= 15 is 0 Å². The van der Waals surface area contributed by atoms with Crippen LogP contribution in [0.5, 0.6) is 0 Å². The number of carbonyl (C=O) groups excluding carboxylic acids is 2. The number of nitrogens with zero attached hydrogens (tertiary/aromatic N) is 1. The Morgan fingerprint density at radius 2 is 1.85 bits per heavy atom. The Balaban J connectivity index is 0.00000261. The van der Waals surface area contributed by atoms with Crippen molar-refractivity contribution in [3.63, 3.8) is 0 Å². The van der Waals surface area contributed by atoms with E-state index in [1.807, 2.05) is 53.4 Å². The minimum Gasteiger partial charge on any atom is -0.338 e. The van der Waals surface area contributed by atoms with Crippen LogP contribution >= 0.6 is 12.4 Å². The molecule has 0 bridgehead atoms. The van der Waals surface area contributed by atoms with Crippen LogP contribution in [0.3, 0.4) is 0 Å². The average molecular weight is 388 g/mol. The molecule has 0 unspecified atom stereocenters. The van der Waals surface area contributed by atoms with Crippen LogP contribution in [0.2, 0.25) is 0 Å². The molecule has 1 saturated heterocycles. The summed E-state index contributed by atoms with van der Waals surface area (Å²) in [5.74, 6) is 0.0851. The number of hydrogen-bond donors (Lipinski definition) is 2. The molecule has 0 spiro atoms. The zero-order chi connectivity index (χ0) is 18.4. The summed E-state index contributed by atoms with van der Waals surface area (Å²) in [6, 6.07) is 15.3. The van der Waals surface area contributed by atoms with Crippen LogP contribution in [0.15, 0.2) is 48.5 Å². The standard InChI is InChI=1S/C21H25N3O2.ClH/c1-2-22-14-18-6-3-4-7-19(18)23-21(26)17-11-9-16(10-12-17)15-24-13-5-8-20(24)25;/h3-4,6-7,9-12,22H,2,5,8,13-15H2,1H3,(H,23,26);1H. The first-order valence-electron chi connectivity index (χ1n) is 9.14. The van der Waals surface area contributed by atoms with Gasteiger partial charge in [0.1, 0.15) is 0 Å². The number of para-hydroxylation sites is 1. The van der Waals surface area contributed by atoms with Crippen molar-refractivity contribution < 1.29 is 9.59 Å². The van der Waals surface area contributed by atoms with Crippen LogP contribution in [-0.4, -0.2) is 29.8 Å². The SMILES string of the molecule is CCNCc1ccccc1NC(=O)c1ccc(CN2CCCC2=O)cc1.Cl. The maximum atomic E-state index is 12.6. The first-order chi connectivity index (χ1) is 12.7. The van der Waals surface area contributed by atoms with Crippen molar-refractivity contribution in [2.75, 3.05) is 18.4 Å². The van der Waals surface area contributed by atoms with E-state index in [1.165, 1.54) is 0 Å². The summed E-state index contributed by atoms with van der Waals surface area (Å²) in [5.41, 5.74) is 3.54. The molecule has 144 valence electrons. The second-order valence-corrected chi connectivity index (χ2v) is 6.51. The van der Waals surface area contributed by atoms with Gasteiger partial charge in [-0.25, -0.2) is 0 Å². The first-order valence-corrected chi connectivity index (χ1v) is 9.14. The molecular weight excluding hydrogens is 362 g/mol. The van der Waals surface area contributed by atoms with Gasteiger partial charge in [0.15, 0.2) is 0 Å². The number of benzene rings is 2. The minimum absolute atomic E-state index is 0. The van der Waals surface area contributed by atoms with Gasteiger partial charge < -0.3 is 15.5 Å². The molecule has 1 aliphatic heterocycles. The Bertz CT molecular complexity index is 777. The Kier molecular flexibility index (Phi) is 7.82. The number of likely N-dealkylation sites (tertiary alicyclic amines) is 1. The fraction of sp³-hybridized carbons (Fsp3) is 0.333. The van der Waals surface area contributed by atoms with E-state index in [2.05, 4.69) is 17.6 Å². The molecule has 2 amide bonds. The highest BCUT2D eigenvalue weighted by atomic mass is 35.5. The highest BCUT2D eigenvalue weighted by Crippen LogP contribution is 2.18. The van der Waals surface area contributed by atoms with Crippen molar-refractivity contribution in [1.29, 1.82) is 0 Å². The van der Waals surface area contributed by atoms with Crippen LogP contribution in [0.1, 0.15) is 41.3 Å². The monoisotopic (exact) mass is 387 g/mol. The van der Waals surface area contributed by atoms with Crippen molar-refractivity contribution in [3.05, 3.63) is 65.2 Å². The summed E-state index contributed by atoms with van der Waals surface area (Å²) in [7, 11) is 0. The lowest BCUT2D eigenvalue weighted by atomic mass is 10.1. The molecule has 2 N–H and O–H groups in total. The summed E-state index contributed by atoms with van der Waals surface area (Å²) >= 11 is 0. The zero-order valence-corrected chi connectivity index (χ0v) is 16.3. The van der Waals surface area contributed by atoms with E-state index in [9.17, 15) is 9.59 Å². The molecule has 2 aromatic carbocycles.